The second-order valence-electron chi connectivity index (χ2n) is 8.06. The van der Waals surface area contributed by atoms with Crippen LogP contribution in [0.25, 0.3) is 0 Å². The van der Waals surface area contributed by atoms with Gasteiger partial charge in [-0.15, -0.1) is 0 Å². The minimum atomic E-state index is -3.96. The summed E-state index contributed by atoms with van der Waals surface area (Å²) in [6.07, 6.45) is 0.357. The maximum atomic E-state index is 13.7. The summed E-state index contributed by atoms with van der Waals surface area (Å²) in [6, 6.07) is 11.5. The summed E-state index contributed by atoms with van der Waals surface area (Å²) in [5.41, 5.74) is 1.67. The Morgan fingerprint density at radius 3 is 2.66 bits per heavy atom. The standard InChI is InChI=1S/C23H27N3O5S/c1-4-25(17-9-6-5-7-10-17)23(28)19-11-8-12-26(19)32(29,30)21-14-20-18(13-15(21)2)24-22(27)16(3)31-20/h5-7,9-10,13-14,16,19H,4,8,11-12H2,1-3H3,(H,24,27)/t16-,19-/m0/s1. The van der Waals surface area contributed by atoms with Gasteiger partial charge in [0.2, 0.25) is 15.9 Å². The van der Waals surface area contributed by atoms with Gasteiger partial charge in [0.15, 0.2) is 6.10 Å². The molecule has 2 aromatic rings. The van der Waals surface area contributed by atoms with Crippen molar-refractivity contribution in [3.8, 4) is 5.75 Å². The molecule has 2 atom stereocenters. The number of rotatable bonds is 5. The molecule has 0 unspecified atom stereocenters. The van der Waals surface area contributed by atoms with Gasteiger partial charge in [0.1, 0.15) is 11.8 Å². The number of carbonyl (C=O) groups is 2. The van der Waals surface area contributed by atoms with Crippen LogP contribution in [0.15, 0.2) is 47.4 Å². The number of hydrogen-bond donors (Lipinski definition) is 1. The molecule has 2 amide bonds. The first-order chi connectivity index (χ1) is 15.2. The SMILES string of the molecule is CCN(C(=O)[C@@H]1CCCN1S(=O)(=O)c1cc2c(cc1C)NC(=O)[C@H](C)O2)c1ccccc1. The van der Waals surface area contributed by atoms with E-state index in [1.807, 2.05) is 37.3 Å². The number of likely N-dealkylation sites (N-methyl/N-ethyl adjacent to an activating group) is 1. The summed E-state index contributed by atoms with van der Waals surface area (Å²) < 4.78 is 34.2. The van der Waals surface area contributed by atoms with Gasteiger partial charge in [-0.3, -0.25) is 9.59 Å². The summed E-state index contributed by atoms with van der Waals surface area (Å²) >= 11 is 0. The van der Waals surface area contributed by atoms with E-state index in [-0.39, 0.29) is 23.3 Å². The number of amides is 2. The van der Waals surface area contributed by atoms with Crippen LogP contribution in [0.1, 0.15) is 32.3 Å². The highest BCUT2D eigenvalue weighted by molar-refractivity contribution is 7.89. The minimum absolute atomic E-state index is 0.0852. The third-order valence-corrected chi connectivity index (χ3v) is 7.98. The summed E-state index contributed by atoms with van der Waals surface area (Å²) in [5.74, 6) is -0.200. The zero-order chi connectivity index (χ0) is 23.0. The van der Waals surface area contributed by atoms with Crippen molar-refractivity contribution in [2.45, 2.75) is 50.7 Å². The molecule has 2 aliphatic heterocycles. The number of ether oxygens (including phenoxy) is 1. The molecule has 32 heavy (non-hydrogen) atoms. The van der Waals surface area contributed by atoms with E-state index < -0.39 is 22.2 Å². The van der Waals surface area contributed by atoms with Crippen molar-refractivity contribution in [3.63, 3.8) is 0 Å². The van der Waals surface area contributed by atoms with Gasteiger partial charge in [0.05, 0.1) is 10.6 Å². The van der Waals surface area contributed by atoms with Crippen molar-refractivity contribution in [1.82, 2.24) is 4.31 Å². The van der Waals surface area contributed by atoms with Crippen LogP contribution in [-0.2, 0) is 19.6 Å². The third kappa shape index (κ3) is 3.86. The Morgan fingerprint density at radius 2 is 1.97 bits per heavy atom. The van der Waals surface area contributed by atoms with Crippen LogP contribution in [0.4, 0.5) is 11.4 Å². The molecule has 0 spiro atoms. The molecular weight excluding hydrogens is 430 g/mol. The molecule has 8 nitrogen and oxygen atoms in total. The summed E-state index contributed by atoms with van der Waals surface area (Å²) in [6.45, 7) is 5.86. The normalized spacial score (nSPS) is 20.9. The lowest BCUT2D eigenvalue weighted by Crippen LogP contribution is -2.48. The fourth-order valence-corrected chi connectivity index (χ4v) is 6.15. The monoisotopic (exact) mass is 457 g/mol. The predicted molar refractivity (Wildman–Crippen MR) is 121 cm³/mol. The average Bonchev–Trinajstić information content (AvgIpc) is 3.27. The van der Waals surface area contributed by atoms with Crippen molar-refractivity contribution in [2.24, 2.45) is 0 Å². The number of aryl methyl sites for hydroxylation is 1. The molecule has 1 N–H and O–H groups in total. The average molecular weight is 458 g/mol. The van der Waals surface area contributed by atoms with Gasteiger partial charge in [-0.25, -0.2) is 8.42 Å². The molecule has 2 aromatic carbocycles. The number of nitrogens with zero attached hydrogens (tertiary/aromatic N) is 2. The van der Waals surface area contributed by atoms with Crippen molar-refractivity contribution in [2.75, 3.05) is 23.3 Å². The molecule has 0 aromatic heterocycles. The summed E-state index contributed by atoms with van der Waals surface area (Å²) in [7, 11) is -3.96. The van der Waals surface area contributed by atoms with Crippen molar-refractivity contribution >= 4 is 33.2 Å². The summed E-state index contributed by atoms with van der Waals surface area (Å²) in [4.78, 5) is 27.0. The third-order valence-electron chi connectivity index (χ3n) is 5.93. The van der Waals surface area contributed by atoms with E-state index in [1.54, 1.807) is 24.8 Å². The Labute approximate surface area is 188 Å². The molecule has 1 saturated heterocycles. The Morgan fingerprint density at radius 1 is 1.25 bits per heavy atom. The largest absolute Gasteiger partial charge is 0.479 e. The lowest BCUT2D eigenvalue weighted by atomic mass is 10.1. The quantitative estimate of drug-likeness (QED) is 0.745. The molecule has 170 valence electrons. The van der Waals surface area contributed by atoms with E-state index in [2.05, 4.69) is 5.32 Å². The second-order valence-corrected chi connectivity index (χ2v) is 9.91. The van der Waals surface area contributed by atoms with Crippen LogP contribution in [0.5, 0.6) is 5.75 Å². The zero-order valence-corrected chi connectivity index (χ0v) is 19.2. The number of para-hydroxylation sites is 1. The number of sulfonamides is 1. The zero-order valence-electron chi connectivity index (χ0n) is 18.4. The molecule has 9 heteroatoms. The van der Waals surface area contributed by atoms with E-state index in [9.17, 15) is 18.0 Å². The first-order valence-electron chi connectivity index (χ1n) is 10.7. The van der Waals surface area contributed by atoms with Crippen molar-refractivity contribution < 1.29 is 22.7 Å². The van der Waals surface area contributed by atoms with Gasteiger partial charge < -0.3 is 15.0 Å². The topological polar surface area (TPSA) is 96.0 Å². The number of benzene rings is 2. The van der Waals surface area contributed by atoms with E-state index in [0.717, 1.165) is 5.69 Å². The number of hydrogen-bond acceptors (Lipinski definition) is 5. The molecule has 1 fully saturated rings. The Balaban J connectivity index is 1.67. The molecule has 2 aliphatic rings. The smallest absolute Gasteiger partial charge is 0.265 e. The fraction of sp³-hybridized carbons (Fsp3) is 0.391. The van der Waals surface area contributed by atoms with Gasteiger partial charge in [0.25, 0.3) is 5.91 Å². The number of carbonyl (C=O) groups excluding carboxylic acids is 2. The van der Waals surface area contributed by atoms with Gasteiger partial charge in [-0.1, -0.05) is 18.2 Å². The minimum Gasteiger partial charge on any atom is -0.479 e. The lowest BCUT2D eigenvalue weighted by molar-refractivity contribution is -0.123. The fourth-order valence-electron chi connectivity index (χ4n) is 4.28. The lowest BCUT2D eigenvalue weighted by Gasteiger charge is -2.30. The highest BCUT2D eigenvalue weighted by Crippen LogP contribution is 2.37. The number of fused-ring (bicyclic) bond motifs is 1. The maximum absolute atomic E-state index is 13.7. The predicted octanol–water partition coefficient (Wildman–Crippen LogP) is 2.92. The van der Waals surface area contributed by atoms with E-state index in [4.69, 9.17) is 4.74 Å². The molecule has 0 bridgehead atoms. The van der Waals surface area contributed by atoms with E-state index in [0.29, 0.717) is 36.4 Å². The molecule has 0 saturated carbocycles. The van der Waals surface area contributed by atoms with Crippen LogP contribution in [0.2, 0.25) is 0 Å². The van der Waals surface area contributed by atoms with Gasteiger partial charge >= 0.3 is 0 Å². The number of anilines is 2. The highest BCUT2D eigenvalue weighted by Gasteiger charge is 2.42. The molecule has 0 aliphatic carbocycles. The van der Waals surface area contributed by atoms with Crippen LogP contribution in [0.3, 0.4) is 0 Å². The van der Waals surface area contributed by atoms with Crippen LogP contribution >= 0.6 is 0 Å². The van der Waals surface area contributed by atoms with Crippen molar-refractivity contribution in [1.29, 1.82) is 0 Å². The second kappa shape index (κ2) is 8.55. The Hall–Kier alpha value is -2.91. The van der Waals surface area contributed by atoms with E-state index in [1.165, 1.54) is 10.4 Å². The number of nitrogens with one attached hydrogen (secondary N) is 1. The molecule has 4 rings (SSSR count). The van der Waals surface area contributed by atoms with Gasteiger partial charge in [-0.2, -0.15) is 4.31 Å². The van der Waals surface area contributed by atoms with Gasteiger partial charge in [-0.05, 0) is 57.4 Å². The molecule has 2 heterocycles. The Kier molecular flexibility index (Phi) is 5.96. The van der Waals surface area contributed by atoms with Crippen LogP contribution in [0, 0.1) is 6.92 Å². The highest BCUT2D eigenvalue weighted by atomic mass is 32.2. The van der Waals surface area contributed by atoms with Crippen molar-refractivity contribution in [3.05, 3.63) is 48.0 Å². The Bertz CT molecular complexity index is 1150. The van der Waals surface area contributed by atoms with Gasteiger partial charge in [0, 0.05) is 24.8 Å². The first-order valence-corrected chi connectivity index (χ1v) is 12.2. The molecule has 0 radical (unpaired) electrons. The summed E-state index contributed by atoms with van der Waals surface area (Å²) in [5, 5.41) is 2.73. The van der Waals surface area contributed by atoms with Crippen LogP contribution in [-0.4, -0.2) is 49.8 Å². The maximum Gasteiger partial charge on any atom is 0.265 e. The molecular formula is C23H27N3O5S. The van der Waals surface area contributed by atoms with E-state index >= 15 is 0 Å². The van der Waals surface area contributed by atoms with Crippen LogP contribution < -0.4 is 15.0 Å². The first kappa shape index (κ1) is 22.3.